The van der Waals surface area contributed by atoms with Crippen LogP contribution in [0.1, 0.15) is 0 Å². The summed E-state index contributed by atoms with van der Waals surface area (Å²) >= 11 is 1.86. The van der Waals surface area contributed by atoms with Gasteiger partial charge < -0.3 is 8.98 Å². The fraction of sp³-hybridized carbons (Fsp3) is 0. The van der Waals surface area contributed by atoms with Crippen LogP contribution in [0.5, 0.6) is 0 Å². The topological polar surface area (TPSA) is 43.9 Å². The SMILES string of the molecule is c1ccc(-c2cc(-c3ccccc3)nc(-c3cccc4c3oc3c4ccc4c5ccc(-c6cccc7c6sc6ccccc67)cc5n(-c5ccccc5)c43)n2)cc1. The summed E-state index contributed by atoms with van der Waals surface area (Å²) < 4.78 is 12.1. The van der Waals surface area contributed by atoms with Gasteiger partial charge in [-0.1, -0.05) is 146 Å². The molecule has 4 heterocycles. The number of rotatable bonds is 5. The second-order valence-corrected chi connectivity index (χ2v) is 15.6. The summed E-state index contributed by atoms with van der Waals surface area (Å²) in [6.45, 7) is 0. The molecule has 57 heavy (non-hydrogen) atoms. The van der Waals surface area contributed by atoms with E-state index in [9.17, 15) is 0 Å². The Morgan fingerprint density at radius 3 is 1.77 bits per heavy atom. The quantitative estimate of drug-likeness (QED) is 0.176. The van der Waals surface area contributed by atoms with Crippen LogP contribution in [-0.4, -0.2) is 14.5 Å². The highest BCUT2D eigenvalue weighted by atomic mass is 32.1. The van der Waals surface area contributed by atoms with Crippen LogP contribution >= 0.6 is 11.3 Å². The molecule has 0 spiro atoms. The second-order valence-electron chi connectivity index (χ2n) is 14.5. The zero-order valence-corrected chi connectivity index (χ0v) is 31.4. The van der Waals surface area contributed by atoms with Gasteiger partial charge in [-0.3, -0.25) is 0 Å². The molecule has 0 saturated heterocycles. The molecule has 0 amide bonds. The lowest BCUT2D eigenvalue weighted by Gasteiger charge is -2.10. The third kappa shape index (κ3) is 4.99. The number of aromatic nitrogens is 3. The van der Waals surface area contributed by atoms with Crippen molar-refractivity contribution in [1.29, 1.82) is 0 Å². The van der Waals surface area contributed by atoms with Gasteiger partial charge in [-0.25, -0.2) is 9.97 Å². The van der Waals surface area contributed by atoms with E-state index in [1.807, 2.05) is 47.7 Å². The van der Waals surface area contributed by atoms with Crippen molar-refractivity contribution in [3.8, 4) is 50.7 Å². The van der Waals surface area contributed by atoms with Gasteiger partial charge in [0, 0.05) is 58.5 Å². The van der Waals surface area contributed by atoms with Gasteiger partial charge in [0.05, 0.1) is 28.0 Å². The van der Waals surface area contributed by atoms with Crippen LogP contribution in [0.3, 0.4) is 0 Å². The van der Waals surface area contributed by atoms with E-state index in [1.165, 1.54) is 36.7 Å². The number of para-hydroxylation sites is 2. The first kappa shape index (κ1) is 32.0. The number of furan rings is 1. The molecular formula is C52H31N3OS. The van der Waals surface area contributed by atoms with Crippen molar-refractivity contribution < 1.29 is 4.42 Å². The van der Waals surface area contributed by atoms with E-state index in [2.05, 4.69) is 156 Å². The highest BCUT2D eigenvalue weighted by Gasteiger charge is 2.23. The smallest absolute Gasteiger partial charge is 0.164 e. The molecule has 8 aromatic carbocycles. The summed E-state index contributed by atoms with van der Waals surface area (Å²) in [4.78, 5) is 10.4. The molecule has 0 aliphatic heterocycles. The van der Waals surface area contributed by atoms with Crippen LogP contribution in [0.15, 0.2) is 192 Å². The van der Waals surface area contributed by atoms with E-state index in [0.29, 0.717) is 5.82 Å². The normalized spacial score (nSPS) is 11.9. The molecule has 4 nitrogen and oxygen atoms in total. The first-order chi connectivity index (χ1) is 28.3. The standard InChI is InChI=1S/C52H31N3OS/c1-4-14-32(15-5-1)44-31-45(33-16-6-2-7-17-33)54-52(53-44)43-24-13-22-40-41-29-28-39-37-27-26-34(36-21-12-23-42-38-20-10-11-25-47(38)57-51(36)42)30-46(37)55(35-18-8-3-9-19-35)48(39)50(41)56-49(40)43/h1-31H. The zero-order valence-electron chi connectivity index (χ0n) is 30.6. The molecule has 0 atom stereocenters. The Kier molecular flexibility index (Phi) is 7.06. The Bertz CT molecular complexity index is 3450. The van der Waals surface area contributed by atoms with Gasteiger partial charge in [-0.2, -0.15) is 0 Å². The van der Waals surface area contributed by atoms with Gasteiger partial charge in [0.25, 0.3) is 0 Å². The molecule has 12 rings (SSSR count). The van der Waals surface area contributed by atoms with Gasteiger partial charge in [-0.05, 0) is 53.6 Å². The lowest BCUT2D eigenvalue weighted by molar-refractivity contribution is 0.671. The third-order valence-corrected chi connectivity index (χ3v) is 12.4. The lowest BCUT2D eigenvalue weighted by Crippen LogP contribution is -1.96. The van der Waals surface area contributed by atoms with Crippen LogP contribution in [0.2, 0.25) is 0 Å². The molecule has 0 saturated carbocycles. The van der Waals surface area contributed by atoms with E-state index in [-0.39, 0.29) is 0 Å². The fourth-order valence-electron chi connectivity index (χ4n) is 8.60. The van der Waals surface area contributed by atoms with E-state index in [0.717, 1.165) is 72.1 Å². The molecule has 0 fully saturated rings. The van der Waals surface area contributed by atoms with Gasteiger partial charge in [-0.15, -0.1) is 11.3 Å². The zero-order chi connectivity index (χ0) is 37.5. The molecule has 12 aromatic rings. The minimum absolute atomic E-state index is 0.625. The van der Waals surface area contributed by atoms with Crippen molar-refractivity contribution in [1.82, 2.24) is 14.5 Å². The maximum Gasteiger partial charge on any atom is 0.164 e. The van der Waals surface area contributed by atoms with Gasteiger partial charge >= 0.3 is 0 Å². The summed E-state index contributed by atoms with van der Waals surface area (Å²) in [5.74, 6) is 0.625. The van der Waals surface area contributed by atoms with Gasteiger partial charge in [0.2, 0.25) is 0 Å². The van der Waals surface area contributed by atoms with Crippen LogP contribution in [0, 0.1) is 0 Å². The van der Waals surface area contributed by atoms with Crippen LogP contribution in [0.25, 0.3) is 115 Å². The number of nitrogens with zero attached hydrogens (tertiary/aromatic N) is 3. The average Bonchev–Trinajstić information content (AvgIpc) is 3.97. The first-order valence-corrected chi connectivity index (χ1v) is 20.0. The molecule has 0 aliphatic carbocycles. The lowest BCUT2D eigenvalue weighted by atomic mass is 10.0. The molecule has 0 aliphatic rings. The number of benzene rings is 8. The van der Waals surface area contributed by atoms with Crippen LogP contribution in [-0.2, 0) is 0 Å². The van der Waals surface area contributed by atoms with Crippen molar-refractivity contribution >= 4 is 75.3 Å². The Hall–Kier alpha value is -7.34. The summed E-state index contributed by atoms with van der Waals surface area (Å²) in [5, 5.41) is 7.00. The summed E-state index contributed by atoms with van der Waals surface area (Å²) in [5.41, 5.74) is 11.9. The maximum absolute atomic E-state index is 7.14. The highest BCUT2D eigenvalue weighted by Crippen LogP contribution is 2.45. The molecule has 0 bridgehead atoms. The van der Waals surface area contributed by atoms with Crippen molar-refractivity contribution in [3.63, 3.8) is 0 Å². The molecule has 4 aromatic heterocycles. The van der Waals surface area contributed by atoms with Crippen LogP contribution in [0.4, 0.5) is 0 Å². The van der Waals surface area contributed by atoms with Gasteiger partial charge in [0.15, 0.2) is 11.4 Å². The molecular weight excluding hydrogens is 715 g/mol. The Balaban J connectivity index is 1.12. The predicted octanol–water partition coefficient (Wildman–Crippen LogP) is 14.5. The molecule has 5 heteroatoms. The van der Waals surface area contributed by atoms with E-state index < -0.39 is 0 Å². The molecule has 266 valence electrons. The number of hydrogen-bond donors (Lipinski definition) is 0. The number of thiophene rings is 1. The number of fused-ring (bicyclic) bond motifs is 10. The third-order valence-electron chi connectivity index (χ3n) is 11.2. The largest absolute Gasteiger partial charge is 0.453 e. The van der Waals surface area contributed by atoms with Crippen molar-refractivity contribution in [2.24, 2.45) is 0 Å². The minimum Gasteiger partial charge on any atom is -0.453 e. The van der Waals surface area contributed by atoms with Crippen molar-refractivity contribution in [3.05, 3.63) is 188 Å². The average molecular weight is 746 g/mol. The van der Waals surface area contributed by atoms with E-state index >= 15 is 0 Å². The van der Waals surface area contributed by atoms with Crippen molar-refractivity contribution in [2.75, 3.05) is 0 Å². The van der Waals surface area contributed by atoms with Gasteiger partial charge in [0.1, 0.15) is 5.58 Å². The second kappa shape index (κ2) is 12.6. The monoisotopic (exact) mass is 745 g/mol. The molecule has 0 unspecified atom stereocenters. The highest BCUT2D eigenvalue weighted by molar-refractivity contribution is 7.26. The maximum atomic E-state index is 7.14. The Labute approximate surface area is 331 Å². The first-order valence-electron chi connectivity index (χ1n) is 19.2. The minimum atomic E-state index is 0.625. The predicted molar refractivity (Wildman–Crippen MR) is 238 cm³/mol. The Morgan fingerprint density at radius 2 is 1.02 bits per heavy atom. The van der Waals surface area contributed by atoms with Crippen LogP contribution < -0.4 is 0 Å². The van der Waals surface area contributed by atoms with E-state index in [4.69, 9.17) is 14.4 Å². The van der Waals surface area contributed by atoms with Crippen molar-refractivity contribution in [2.45, 2.75) is 0 Å². The summed E-state index contributed by atoms with van der Waals surface area (Å²) in [7, 11) is 0. The van der Waals surface area contributed by atoms with E-state index in [1.54, 1.807) is 0 Å². The summed E-state index contributed by atoms with van der Waals surface area (Å²) in [6.07, 6.45) is 0. The molecule has 0 N–H and O–H groups in total. The molecule has 0 radical (unpaired) electrons. The summed E-state index contributed by atoms with van der Waals surface area (Å²) in [6, 6.07) is 66.4. The Morgan fingerprint density at radius 1 is 0.421 bits per heavy atom. The number of hydrogen-bond acceptors (Lipinski definition) is 4. The fourth-order valence-corrected chi connectivity index (χ4v) is 9.83.